The van der Waals surface area contributed by atoms with Crippen LogP contribution in [-0.2, 0) is 11.3 Å². The highest BCUT2D eigenvalue weighted by molar-refractivity contribution is 7.13. The summed E-state index contributed by atoms with van der Waals surface area (Å²) in [5.74, 6) is 1.03. The van der Waals surface area contributed by atoms with Crippen molar-refractivity contribution in [2.24, 2.45) is 0 Å². The second kappa shape index (κ2) is 7.55. The number of fused-ring (bicyclic) bond motifs is 1. The zero-order valence-electron chi connectivity index (χ0n) is 14.6. The van der Waals surface area contributed by atoms with Gasteiger partial charge in [0.2, 0.25) is 0 Å². The Morgan fingerprint density at radius 2 is 2.04 bits per heavy atom. The average molecular weight is 379 g/mol. The van der Waals surface area contributed by atoms with Gasteiger partial charge in [-0.15, -0.1) is 21.5 Å². The molecule has 0 atom stereocenters. The largest absolute Gasteiger partial charge is 0.484 e. The summed E-state index contributed by atoms with van der Waals surface area (Å²) < 4.78 is 7.21. The molecule has 0 aliphatic carbocycles. The first-order chi connectivity index (χ1) is 13.2. The monoisotopic (exact) mass is 379 g/mol. The molecule has 0 aliphatic rings. The number of aromatic nitrogens is 4. The molecule has 1 N–H and O–H groups in total. The van der Waals surface area contributed by atoms with Gasteiger partial charge in [0, 0.05) is 0 Å². The number of para-hydroxylation sites is 1. The number of nitrogens with zero attached hydrogens (tertiary/aromatic N) is 4. The molecule has 4 rings (SSSR count). The molecule has 0 fully saturated rings. The summed E-state index contributed by atoms with van der Waals surface area (Å²) in [4.78, 5) is 13.2. The van der Waals surface area contributed by atoms with Crippen molar-refractivity contribution in [1.82, 2.24) is 25.1 Å². The van der Waals surface area contributed by atoms with Gasteiger partial charge >= 0.3 is 0 Å². The van der Waals surface area contributed by atoms with Gasteiger partial charge in [-0.25, -0.2) is 0 Å². The first-order valence-corrected chi connectivity index (χ1v) is 9.29. The molecule has 0 saturated heterocycles. The quantitative estimate of drug-likeness (QED) is 0.557. The van der Waals surface area contributed by atoms with E-state index in [0.717, 1.165) is 16.1 Å². The van der Waals surface area contributed by atoms with Crippen molar-refractivity contribution in [1.29, 1.82) is 0 Å². The highest BCUT2D eigenvalue weighted by Gasteiger charge is 2.11. The van der Waals surface area contributed by atoms with Crippen molar-refractivity contribution < 1.29 is 9.53 Å². The number of benzene rings is 1. The predicted molar refractivity (Wildman–Crippen MR) is 103 cm³/mol. The molecule has 8 heteroatoms. The lowest BCUT2D eigenvalue weighted by Gasteiger charge is -2.09. The van der Waals surface area contributed by atoms with Gasteiger partial charge in [0.15, 0.2) is 18.1 Å². The van der Waals surface area contributed by atoms with E-state index < -0.39 is 0 Å². The van der Waals surface area contributed by atoms with E-state index in [1.165, 1.54) is 0 Å². The van der Waals surface area contributed by atoms with Crippen LogP contribution < -0.4 is 10.1 Å². The highest BCUT2D eigenvalue weighted by atomic mass is 32.1. The van der Waals surface area contributed by atoms with Crippen LogP contribution in [0.15, 0.2) is 53.9 Å². The molecule has 7 nitrogen and oxygen atoms in total. The molecule has 1 amide bonds. The van der Waals surface area contributed by atoms with Crippen LogP contribution in [0.5, 0.6) is 5.75 Å². The first-order valence-electron chi connectivity index (χ1n) is 8.41. The number of thiophene rings is 1. The third kappa shape index (κ3) is 3.80. The topological polar surface area (TPSA) is 81.4 Å². The summed E-state index contributed by atoms with van der Waals surface area (Å²) in [6, 6.07) is 15.3. The van der Waals surface area contributed by atoms with Gasteiger partial charge in [0.25, 0.3) is 5.91 Å². The minimum absolute atomic E-state index is 0.0601. The molecule has 0 unspecified atom stereocenters. The molecule has 0 spiro atoms. The molecule has 0 saturated carbocycles. The Morgan fingerprint density at radius 3 is 2.85 bits per heavy atom. The van der Waals surface area contributed by atoms with Crippen molar-refractivity contribution in [3.63, 3.8) is 0 Å². The number of hydrogen-bond acceptors (Lipinski definition) is 6. The molecule has 0 radical (unpaired) electrons. The van der Waals surface area contributed by atoms with E-state index in [9.17, 15) is 4.79 Å². The van der Waals surface area contributed by atoms with E-state index in [0.29, 0.717) is 17.2 Å². The van der Waals surface area contributed by atoms with Crippen LogP contribution in [0.4, 0.5) is 0 Å². The average Bonchev–Trinajstić information content (AvgIpc) is 3.35. The molecule has 136 valence electrons. The number of hydrogen-bond donors (Lipinski definition) is 1. The molecular weight excluding hydrogens is 362 g/mol. The maximum atomic E-state index is 12.1. The van der Waals surface area contributed by atoms with Crippen LogP contribution in [0.2, 0.25) is 0 Å². The Bertz CT molecular complexity index is 1070. The predicted octanol–water partition coefficient (Wildman–Crippen LogP) is 2.86. The summed E-state index contributed by atoms with van der Waals surface area (Å²) in [7, 11) is 0. The van der Waals surface area contributed by atoms with Crippen LogP contribution >= 0.6 is 11.3 Å². The van der Waals surface area contributed by atoms with Crippen molar-refractivity contribution in [3.05, 3.63) is 65.3 Å². The second-order valence-electron chi connectivity index (χ2n) is 5.91. The maximum absolute atomic E-state index is 12.1. The second-order valence-corrected chi connectivity index (χ2v) is 6.86. The molecule has 4 aromatic rings. The van der Waals surface area contributed by atoms with Gasteiger partial charge in [-0.05, 0) is 42.1 Å². The SMILES string of the molecule is Cc1ccccc1OCC(=O)NCc1nnc2ccc(-c3cccs3)nn12. The minimum atomic E-state index is -0.232. The van der Waals surface area contributed by atoms with Gasteiger partial charge in [0.1, 0.15) is 11.4 Å². The number of aryl methyl sites for hydroxylation is 1. The molecule has 1 aromatic carbocycles. The summed E-state index contributed by atoms with van der Waals surface area (Å²) in [6.45, 7) is 2.10. The lowest BCUT2D eigenvalue weighted by Crippen LogP contribution is -2.29. The fourth-order valence-electron chi connectivity index (χ4n) is 2.59. The summed E-state index contributed by atoms with van der Waals surface area (Å²) >= 11 is 1.61. The van der Waals surface area contributed by atoms with E-state index in [1.54, 1.807) is 15.9 Å². The standard InChI is InChI=1S/C19H17N5O2S/c1-13-5-2-3-6-15(13)26-12-19(25)20-11-18-22-21-17-9-8-14(23-24(17)18)16-7-4-10-27-16/h2-10H,11-12H2,1H3,(H,20,25). The number of amides is 1. The number of carbonyl (C=O) groups excluding carboxylic acids is 1. The molecule has 0 bridgehead atoms. The van der Waals surface area contributed by atoms with Gasteiger partial charge in [0.05, 0.1) is 11.4 Å². The minimum Gasteiger partial charge on any atom is -0.484 e. The third-order valence-corrected chi connectivity index (χ3v) is 4.89. The molecule has 0 aliphatic heterocycles. The van der Waals surface area contributed by atoms with Gasteiger partial charge in [-0.1, -0.05) is 24.3 Å². The van der Waals surface area contributed by atoms with Crippen molar-refractivity contribution in [2.75, 3.05) is 6.61 Å². The number of rotatable bonds is 6. The molecule has 3 heterocycles. The zero-order valence-corrected chi connectivity index (χ0v) is 15.4. The third-order valence-electron chi connectivity index (χ3n) is 4.00. The summed E-state index contributed by atoms with van der Waals surface area (Å²) in [6.07, 6.45) is 0. The number of nitrogens with one attached hydrogen (secondary N) is 1. The Labute approximate surface area is 159 Å². The van der Waals surface area contributed by atoms with E-state index in [1.807, 2.05) is 60.8 Å². The Balaban J connectivity index is 1.42. The van der Waals surface area contributed by atoms with E-state index >= 15 is 0 Å². The van der Waals surface area contributed by atoms with Crippen LogP contribution in [-0.4, -0.2) is 32.3 Å². The molecule has 27 heavy (non-hydrogen) atoms. The van der Waals surface area contributed by atoms with E-state index in [2.05, 4.69) is 20.6 Å². The molecule has 3 aromatic heterocycles. The van der Waals surface area contributed by atoms with Gasteiger partial charge in [-0.3, -0.25) is 4.79 Å². The fourth-order valence-corrected chi connectivity index (χ4v) is 3.28. The number of carbonyl (C=O) groups is 1. The normalized spacial score (nSPS) is 10.9. The molecular formula is C19H17N5O2S. The highest BCUT2D eigenvalue weighted by Crippen LogP contribution is 2.22. The van der Waals surface area contributed by atoms with E-state index in [-0.39, 0.29) is 19.1 Å². The van der Waals surface area contributed by atoms with Crippen molar-refractivity contribution in [3.8, 4) is 16.3 Å². The Hall–Kier alpha value is -3.26. The summed E-state index contributed by atoms with van der Waals surface area (Å²) in [5, 5.41) is 17.6. The fraction of sp³-hybridized carbons (Fsp3) is 0.158. The van der Waals surface area contributed by atoms with Crippen LogP contribution in [0.1, 0.15) is 11.4 Å². The van der Waals surface area contributed by atoms with Gasteiger partial charge < -0.3 is 10.1 Å². The van der Waals surface area contributed by atoms with E-state index in [4.69, 9.17) is 4.74 Å². The van der Waals surface area contributed by atoms with Crippen molar-refractivity contribution >= 4 is 22.9 Å². The van der Waals surface area contributed by atoms with Crippen molar-refractivity contribution in [2.45, 2.75) is 13.5 Å². The first kappa shape index (κ1) is 17.2. The zero-order chi connectivity index (χ0) is 18.6. The maximum Gasteiger partial charge on any atom is 0.258 e. The summed E-state index contributed by atoms with van der Waals surface area (Å²) in [5.41, 5.74) is 2.46. The van der Waals surface area contributed by atoms with Crippen LogP contribution in [0, 0.1) is 6.92 Å². The smallest absolute Gasteiger partial charge is 0.258 e. The van der Waals surface area contributed by atoms with Crippen LogP contribution in [0.25, 0.3) is 16.2 Å². The lowest BCUT2D eigenvalue weighted by molar-refractivity contribution is -0.123. The Kier molecular flexibility index (Phi) is 4.80. The lowest BCUT2D eigenvalue weighted by atomic mass is 10.2. The number of ether oxygens (including phenoxy) is 1. The Morgan fingerprint density at radius 1 is 1.15 bits per heavy atom. The van der Waals surface area contributed by atoms with Crippen LogP contribution in [0.3, 0.4) is 0 Å². The van der Waals surface area contributed by atoms with Gasteiger partial charge in [-0.2, -0.15) is 9.61 Å².